The zero-order valence-electron chi connectivity index (χ0n) is 15.5. The maximum atomic E-state index is 12.2. The third-order valence-corrected chi connectivity index (χ3v) is 4.23. The number of hydrogen-bond acceptors (Lipinski definition) is 2. The molecule has 0 aliphatic carbocycles. The van der Waals surface area contributed by atoms with Gasteiger partial charge < -0.3 is 4.74 Å². The Hall–Kier alpha value is -0.790. The summed E-state index contributed by atoms with van der Waals surface area (Å²) in [6.07, 6.45) is 14.1. The molecule has 0 bridgehead atoms. The molecule has 0 heterocycles. The molecule has 0 aliphatic heterocycles. The first kappa shape index (κ1) is 21.2. The van der Waals surface area contributed by atoms with Gasteiger partial charge in [0.2, 0.25) is 0 Å². The second-order valence-corrected chi connectivity index (χ2v) is 6.34. The van der Waals surface area contributed by atoms with Gasteiger partial charge in [-0.2, -0.15) is 0 Å². The number of esters is 1. The van der Waals surface area contributed by atoms with Crippen molar-refractivity contribution in [3.8, 4) is 0 Å². The second kappa shape index (κ2) is 15.1. The minimum absolute atomic E-state index is 0.0873. The topological polar surface area (TPSA) is 26.3 Å². The van der Waals surface area contributed by atoms with E-state index in [4.69, 9.17) is 4.74 Å². The molecule has 22 heavy (non-hydrogen) atoms. The minimum atomic E-state index is -0.0873. The van der Waals surface area contributed by atoms with E-state index in [1.807, 2.05) is 6.92 Å². The second-order valence-electron chi connectivity index (χ2n) is 6.34. The van der Waals surface area contributed by atoms with Crippen LogP contribution in [-0.2, 0) is 9.53 Å². The molecular weight excluding hydrogens is 272 g/mol. The largest absolute Gasteiger partial charge is 0.462 e. The van der Waals surface area contributed by atoms with Crippen LogP contribution in [0.25, 0.3) is 0 Å². The summed E-state index contributed by atoms with van der Waals surface area (Å²) in [6, 6.07) is 0. The van der Waals surface area contributed by atoms with E-state index in [0.717, 1.165) is 24.8 Å². The quantitative estimate of drug-likeness (QED) is 0.205. The molecule has 0 rings (SSSR count). The van der Waals surface area contributed by atoms with Crippen LogP contribution in [0.5, 0.6) is 0 Å². The number of rotatable bonds is 14. The molecule has 0 aromatic heterocycles. The third-order valence-electron chi connectivity index (χ3n) is 4.23. The minimum Gasteiger partial charge on any atom is -0.462 e. The van der Waals surface area contributed by atoms with Crippen molar-refractivity contribution in [2.24, 2.45) is 0 Å². The summed E-state index contributed by atoms with van der Waals surface area (Å²) in [7, 11) is 0. The van der Waals surface area contributed by atoms with Crippen molar-refractivity contribution in [3.05, 3.63) is 11.1 Å². The highest BCUT2D eigenvalue weighted by Gasteiger charge is 2.11. The summed E-state index contributed by atoms with van der Waals surface area (Å²) in [5, 5.41) is 0. The van der Waals surface area contributed by atoms with E-state index in [9.17, 15) is 4.79 Å². The molecule has 2 nitrogen and oxygen atoms in total. The van der Waals surface area contributed by atoms with E-state index in [1.165, 1.54) is 63.4 Å². The third kappa shape index (κ3) is 10.9. The van der Waals surface area contributed by atoms with Crippen LogP contribution in [0, 0.1) is 0 Å². The Morgan fingerprint density at radius 1 is 0.727 bits per heavy atom. The molecule has 0 fully saturated rings. The van der Waals surface area contributed by atoms with E-state index in [-0.39, 0.29) is 5.97 Å². The molecule has 0 unspecified atom stereocenters. The van der Waals surface area contributed by atoms with Crippen LogP contribution in [0.2, 0.25) is 0 Å². The van der Waals surface area contributed by atoms with Crippen molar-refractivity contribution in [2.45, 2.75) is 105 Å². The van der Waals surface area contributed by atoms with Crippen molar-refractivity contribution < 1.29 is 9.53 Å². The van der Waals surface area contributed by atoms with E-state index in [1.54, 1.807) is 0 Å². The first-order chi connectivity index (χ1) is 10.7. The number of carbonyl (C=O) groups is 1. The Morgan fingerprint density at radius 3 is 1.77 bits per heavy atom. The lowest BCUT2D eigenvalue weighted by atomic mass is 9.98. The van der Waals surface area contributed by atoms with Crippen molar-refractivity contribution in [2.75, 3.05) is 6.61 Å². The van der Waals surface area contributed by atoms with Crippen molar-refractivity contribution in [1.82, 2.24) is 0 Å². The molecule has 0 N–H and O–H groups in total. The normalized spacial score (nSPS) is 10.5. The number of hydrogen-bond donors (Lipinski definition) is 0. The van der Waals surface area contributed by atoms with E-state index in [0.29, 0.717) is 6.61 Å². The lowest BCUT2D eigenvalue weighted by molar-refractivity contribution is -0.139. The monoisotopic (exact) mass is 310 g/mol. The van der Waals surface area contributed by atoms with Crippen LogP contribution in [-0.4, -0.2) is 12.6 Å². The molecule has 0 saturated carbocycles. The summed E-state index contributed by atoms with van der Waals surface area (Å²) in [6.45, 7) is 9.15. The van der Waals surface area contributed by atoms with E-state index >= 15 is 0 Å². The summed E-state index contributed by atoms with van der Waals surface area (Å²) in [5.74, 6) is -0.0873. The molecule has 0 aliphatic rings. The molecule has 0 radical (unpaired) electrons. The van der Waals surface area contributed by atoms with Crippen LogP contribution in [0.4, 0.5) is 0 Å². The Kier molecular flexibility index (Phi) is 14.6. The highest BCUT2D eigenvalue weighted by molar-refractivity contribution is 5.88. The van der Waals surface area contributed by atoms with Crippen molar-refractivity contribution in [3.63, 3.8) is 0 Å². The molecule has 0 atom stereocenters. The van der Waals surface area contributed by atoms with Crippen molar-refractivity contribution in [1.29, 1.82) is 0 Å². The van der Waals surface area contributed by atoms with Gasteiger partial charge in [0, 0.05) is 5.57 Å². The average Bonchev–Trinajstić information content (AvgIpc) is 2.53. The maximum absolute atomic E-state index is 12.2. The summed E-state index contributed by atoms with van der Waals surface area (Å²) in [5.41, 5.74) is 2.18. The average molecular weight is 311 g/mol. The summed E-state index contributed by atoms with van der Waals surface area (Å²) >= 11 is 0. The lowest BCUT2D eigenvalue weighted by Gasteiger charge is -2.12. The molecule has 0 aromatic carbocycles. The van der Waals surface area contributed by atoms with Gasteiger partial charge in [0.25, 0.3) is 0 Å². The summed E-state index contributed by atoms with van der Waals surface area (Å²) in [4.78, 5) is 12.2. The number of ether oxygens (including phenoxy) is 1. The highest BCUT2D eigenvalue weighted by atomic mass is 16.5. The molecular formula is C20H38O2. The van der Waals surface area contributed by atoms with Crippen LogP contribution in [0.1, 0.15) is 105 Å². The Morgan fingerprint density at radius 2 is 1.23 bits per heavy atom. The smallest absolute Gasteiger partial charge is 0.333 e. The molecule has 0 spiro atoms. The van der Waals surface area contributed by atoms with Crippen LogP contribution >= 0.6 is 0 Å². The van der Waals surface area contributed by atoms with E-state index in [2.05, 4.69) is 20.8 Å². The fourth-order valence-electron chi connectivity index (χ4n) is 2.58. The van der Waals surface area contributed by atoms with Gasteiger partial charge in [0.1, 0.15) is 0 Å². The van der Waals surface area contributed by atoms with Crippen LogP contribution < -0.4 is 0 Å². The Labute approximate surface area is 138 Å². The Balaban J connectivity index is 4.12. The van der Waals surface area contributed by atoms with Gasteiger partial charge >= 0.3 is 5.97 Å². The predicted octanol–water partition coefficient (Wildman–Crippen LogP) is 6.59. The predicted molar refractivity (Wildman–Crippen MR) is 96.1 cm³/mol. The SMILES string of the molecule is CCCCCCCCOC(=O)C(C)=C(CCCC)CCCC. The van der Waals surface area contributed by atoms with Gasteiger partial charge in [0.05, 0.1) is 6.61 Å². The number of carbonyl (C=O) groups excluding carboxylic acids is 1. The van der Waals surface area contributed by atoms with Gasteiger partial charge in [-0.05, 0) is 39.0 Å². The zero-order chi connectivity index (χ0) is 16.6. The maximum Gasteiger partial charge on any atom is 0.333 e. The summed E-state index contributed by atoms with van der Waals surface area (Å²) < 4.78 is 5.45. The van der Waals surface area contributed by atoms with Crippen LogP contribution in [0.3, 0.4) is 0 Å². The van der Waals surface area contributed by atoms with Crippen LogP contribution in [0.15, 0.2) is 11.1 Å². The van der Waals surface area contributed by atoms with Crippen molar-refractivity contribution >= 4 is 5.97 Å². The van der Waals surface area contributed by atoms with E-state index < -0.39 is 0 Å². The fourth-order valence-corrected chi connectivity index (χ4v) is 2.58. The first-order valence-electron chi connectivity index (χ1n) is 9.53. The highest BCUT2D eigenvalue weighted by Crippen LogP contribution is 2.20. The molecule has 0 aromatic rings. The number of allylic oxidation sites excluding steroid dienone is 1. The van der Waals surface area contributed by atoms with Gasteiger partial charge in [-0.3, -0.25) is 0 Å². The first-order valence-corrected chi connectivity index (χ1v) is 9.53. The number of unbranched alkanes of at least 4 members (excludes halogenated alkanes) is 7. The standard InChI is InChI=1S/C20H38O2/c1-5-8-11-12-13-14-17-22-20(21)18(4)19(15-9-6-2)16-10-7-3/h5-17H2,1-4H3. The van der Waals surface area contributed by atoms with Gasteiger partial charge in [-0.25, -0.2) is 4.79 Å². The zero-order valence-corrected chi connectivity index (χ0v) is 15.5. The molecule has 0 saturated heterocycles. The molecule has 0 amide bonds. The lowest BCUT2D eigenvalue weighted by Crippen LogP contribution is -2.09. The Bertz CT molecular complexity index is 295. The molecule has 130 valence electrons. The fraction of sp³-hybridized carbons (Fsp3) is 0.850. The van der Waals surface area contributed by atoms with Gasteiger partial charge in [-0.1, -0.05) is 71.3 Å². The molecule has 2 heteroatoms. The van der Waals surface area contributed by atoms with Gasteiger partial charge in [-0.15, -0.1) is 0 Å². The van der Waals surface area contributed by atoms with Gasteiger partial charge in [0.15, 0.2) is 0 Å².